The molecule has 1 aliphatic carbocycles. The van der Waals surface area contributed by atoms with Crippen molar-refractivity contribution in [1.82, 2.24) is 10.2 Å². The van der Waals surface area contributed by atoms with Gasteiger partial charge in [-0.25, -0.2) is 0 Å². The summed E-state index contributed by atoms with van der Waals surface area (Å²) in [5.74, 6) is -0.437. The van der Waals surface area contributed by atoms with E-state index in [9.17, 15) is 18.0 Å². The number of carbonyl (C=O) groups excluding carboxylic acids is 1. The summed E-state index contributed by atoms with van der Waals surface area (Å²) in [6, 6.07) is 0. The Labute approximate surface area is 117 Å². The third-order valence-corrected chi connectivity index (χ3v) is 4.35. The first-order chi connectivity index (χ1) is 9.23. The Balaban J connectivity index is 2.00. The molecule has 1 heterocycles. The number of hydrogen-bond donors (Lipinski definition) is 1. The molecule has 0 radical (unpaired) electrons. The van der Waals surface area contributed by atoms with E-state index in [1.54, 1.807) is 0 Å². The number of alkyl halides is 3. The second-order valence-corrected chi connectivity index (χ2v) is 6.60. The fraction of sp³-hybridized carbons (Fsp3) is 0.929. The molecule has 2 fully saturated rings. The van der Waals surface area contributed by atoms with Gasteiger partial charge in [0.15, 0.2) is 0 Å². The number of piperidine rings is 1. The van der Waals surface area contributed by atoms with Gasteiger partial charge >= 0.3 is 6.18 Å². The third-order valence-electron chi connectivity index (χ3n) is 4.35. The van der Waals surface area contributed by atoms with Crippen molar-refractivity contribution >= 4 is 5.91 Å². The van der Waals surface area contributed by atoms with E-state index in [1.165, 1.54) is 0 Å². The van der Waals surface area contributed by atoms with E-state index in [0.29, 0.717) is 0 Å². The largest absolute Gasteiger partial charge is 0.406 e. The van der Waals surface area contributed by atoms with Crippen molar-refractivity contribution in [1.29, 1.82) is 0 Å². The van der Waals surface area contributed by atoms with Crippen LogP contribution in [0.15, 0.2) is 0 Å². The summed E-state index contributed by atoms with van der Waals surface area (Å²) in [7, 11) is 0. The van der Waals surface area contributed by atoms with Crippen molar-refractivity contribution in [2.75, 3.05) is 26.2 Å². The Bertz CT molecular complexity index is 362. The summed E-state index contributed by atoms with van der Waals surface area (Å²) in [6.07, 6.45) is -1.74. The van der Waals surface area contributed by atoms with Gasteiger partial charge in [0.05, 0.1) is 0 Å². The summed E-state index contributed by atoms with van der Waals surface area (Å²) < 4.78 is 37.9. The summed E-state index contributed by atoms with van der Waals surface area (Å²) in [5.41, 5.74) is -0.0108. The number of carbonyl (C=O) groups is 1. The molecule has 1 saturated carbocycles. The maximum atomic E-state index is 12.6. The summed E-state index contributed by atoms with van der Waals surface area (Å²) in [5, 5.41) is 3.23. The quantitative estimate of drug-likeness (QED) is 0.863. The monoisotopic (exact) mass is 292 g/mol. The maximum Gasteiger partial charge on any atom is 0.406 e. The topological polar surface area (TPSA) is 32.3 Å². The lowest BCUT2D eigenvalue weighted by Crippen LogP contribution is -2.43. The molecule has 1 saturated heterocycles. The van der Waals surface area contributed by atoms with Gasteiger partial charge in [-0.3, -0.25) is 4.79 Å². The fourth-order valence-corrected chi connectivity index (χ4v) is 3.28. The van der Waals surface area contributed by atoms with Gasteiger partial charge in [0.2, 0.25) is 5.91 Å². The Hall–Kier alpha value is -0.780. The first-order valence-electron chi connectivity index (χ1n) is 7.30. The highest BCUT2D eigenvalue weighted by molar-refractivity contribution is 5.82. The molecule has 1 aliphatic heterocycles. The normalized spacial score (nSPS) is 25.0. The van der Waals surface area contributed by atoms with Crippen molar-refractivity contribution < 1.29 is 18.0 Å². The summed E-state index contributed by atoms with van der Waals surface area (Å²) in [4.78, 5) is 13.4. The lowest BCUT2D eigenvalue weighted by molar-refractivity contribution is -0.163. The lowest BCUT2D eigenvalue weighted by Gasteiger charge is -2.28. The highest BCUT2D eigenvalue weighted by atomic mass is 19.4. The second-order valence-electron chi connectivity index (χ2n) is 6.60. The molecule has 1 unspecified atom stereocenters. The predicted molar refractivity (Wildman–Crippen MR) is 70.1 cm³/mol. The molecule has 0 aromatic carbocycles. The van der Waals surface area contributed by atoms with E-state index in [-0.39, 0.29) is 29.7 Å². The molecule has 116 valence electrons. The van der Waals surface area contributed by atoms with Crippen molar-refractivity contribution in [3.63, 3.8) is 0 Å². The van der Waals surface area contributed by atoms with Crippen molar-refractivity contribution in [2.45, 2.75) is 39.3 Å². The molecule has 1 amide bonds. The SMILES string of the molecule is CC(C)CN(CC(F)(F)F)C(=O)C1CC12CCNCC2. The number of halogens is 3. The molecule has 1 atom stereocenters. The lowest BCUT2D eigenvalue weighted by atomic mass is 9.91. The van der Waals surface area contributed by atoms with Crippen LogP contribution in [-0.4, -0.2) is 43.2 Å². The number of hydrogen-bond acceptors (Lipinski definition) is 2. The van der Waals surface area contributed by atoms with Crippen LogP contribution >= 0.6 is 0 Å². The van der Waals surface area contributed by atoms with Gasteiger partial charge in [-0.2, -0.15) is 13.2 Å². The van der Waals surface area contributed by atoms with Crippen LogP contribution in [0.5, 0.6) is 0 Å². The van der Waals surface area contributed by atoms with Crippen LogP contribution in [0.2, 0.25) is 0 Å². The minimum atomic E-state index is -4.32. The van der Waals surface area contributed by atoms with Crippen LogP contribution in [0.3, 0.4) is 0 Å². The summed E-state index contributed by atoms with van der Waals surface area (Å²) in [6.45, 7) is 4.48. The third kappa shape index (κ3) is 3.65. The van der Waals surface area contributed by atoms with Gasteiger partial charge in [0.25, 0.3) is 0 Å². The molecule has 2 rings (SSSR count). The van der Waals surface area contributed by atoms with Gasteiger partial charge in [-0.1, -0.05) is 13.8 Å². The molecule has 2 aliphatic rings. The van der Waals surface area contributed by atoms with Gasteiger partial charge in [-0.15, -0.1) is 0 Å². The van der Waals surface area contributed by atoms with E-state index in [0.717, 1.165) is 37.3 Å². The minimum Gasteiger partial charge on any atom is -0.333 e. The van der Waals surface area contributed by atoms with E-state index in [4.69, 9.17) is 0 Å². The Morgan fingerprint density at radius 3 is 2.45 bits per heavy atom. The molecule has 20 heavy (non-hydrogen) atoms. The average molecular weight is 292 g/mol. The first kappa shape index (κ1) is 15.6. The van der Waals surface area contributed by atoms with Gasteiger partial charge in [0.1, 0.15) is 6.54 Å². The Kier molecular flexibility index (Phi) is 4.33. The van der Waals surface area contributed by atoms with Crippen LogP contribution in [-0.2, 0) is 4.79 Å². The van der Waals surface area contributed by atoms with Crippen LogP contribution < -0.4 is 5.32 Å². The van der Waals surface area contributed by atoms with E-state index in [1.807, 2.05) is 13.8 Å². The molecular formula is C14H23F3N2O. The second kappa shape index (κ2) is 5.54. The fourth-order valence-electron chi connectivity index (χ4n) is 3.28. The number of rotatable bonds is 4. The number of amides is 1. The van der Waals surface area contributed by atoms with Gasteiger partial charge in [0, 0.05) is 12.5 Å². The molecule has 1 N–H and O–H groups in total. The van der Waals surface area contributed by atoms with E-state index < -0.39 is 12.7 Å². The van der Waals surface area contributed by atoms with Crippen LogP contribution in [0.4, 0.5) is 13.2 Å². The van der Waals surface area contributed by atoms with E-state index >= 15 is 0 Å². The van der Waals surface area contributed by atoms with Crippen molar-refractivity contribution in [2.24, 2.45) is 17.3 Å². The average Bonchev–Trinajstić information content (AvgIpc) is 2.99. The molecular weight excluding hydrogens is 269 g/mol. The van der Waals surface area contributed by atoms with Gasteiger partial charge < -0.3 is 10.2 Å². The highest BCUT2D eigenvalue weighted by Crippen LogP contribution is 2.59. The number of nitrogens with one attached hydrogen (secondary N) is 1. The molecule has 1 spiro atoms. The van der Waals surface area contributed by atoms with Crippen LogP contribution in [0.1, 0.15) is 33.1 Å². The van der Waals surface area contributed by atoms with Crippen molar-refractivity contribution in [3.8, 4) is 0 Å². The molecule has 0 aromatic heterocycles. The Morgan fingerprint density at radius 2 is 1.95 bits per heavy atom. The highest BCUT2D eigenvalue weighted by Gasteiger charge is 2.59. The van der Waals surface area contributed by atoms with Crippen LogP contribution in [0.25, 0.3) is 0 Å². The zero-order valence-electron chi connectivity index (χ0n) is 12.1. The molecule has 6 heteroatoms. The Morgan fingerprint density at radius 1 is 1.35 bits per heavy atom. The molecule has 3 nitrogen and oxygen atoms in total. The van der Waals surface area contributed by atoms with Crippen LogP contribution in [0, 0.1) is 17.3 Å². The predicted octanol–water partition coefficient (Wildman–Crippen LogP) is 2.42. The van der Waals surface area contributed by atoms with E-state index in [2.05, 4.69) is 5.32 Å². The zero-order chi connectivity index (χ0) is 15.0. The van der Waals surface area contributed by atoms with Gasteiger partial charge in [-0.05, 0) is 43.7 Å². The number of nitrogens with zero attached hydrogens (tertiary/aromatic N) is 1. The van der Waals surface area contributed by atoms with Crippen molar-refractivity contribution in [3.05, 3.63) is 0 Å². The standard InChI is InChI=1S/C14H23F3N2O/c1-10(2)8-19(9-14(15,16)17)12(20)11-7-13(11)3-5-18-6-4-13/h10-11,18H,3-9H2,1-2H3. The maximum absolute atomic E-state index is 12.6. The minimum absolute atomic E-state index is 0.0108. The molecule has 0 bridgehead atoms. The zero-order valence-corrected chi connectivity index (χ0v) is 12.1. The first-order valence-corrected chi connectivity index (χ1v) is 7.30. The summed E-state index contributed by atoms with van der Waals surface area (Å²) >= 11 is 0. The molecule has 0 aromatic rings. The smallest absolute Gasteiger partial charge is 0.333 e.